The van der Waals surface area contributed by atoms with Gasteiger partial charge in [0.15, 0.2) is 0 Å². The van der Waals surface area contributed by atoms with E-state index in [1.807, 2.05) is 0 Å². The molecule has 3 heteroatoms. The Balaban J connectivity index is 1.88. The molecule has 0 saturated heterocycles. The van der Waals surface area contributed by atoms with Gasteiger partial charge in [-0.15, -0.1) is 0 Å². The fourth-order valence-corrected chi connectivity index (χ4v) is 2.21. The molecule has 0 radical (unpaired) electrons. The van der Waals surface area contributed by atoms with Crippen molar-refractivity contribution in [3.8, 4) is 0 Å². The SMILES string of the molecule is CC(C)COCCN(c1ccc(CN)cc1)C1CC1. The lowest BCUT2D eigenvalue weighted by molar-refractivity contribution is 0.115. The van der Waals surface area contributed by atoms with Gasteiger partial charge in [0.25, 0.3) is 0 Å². The number of ether oxygens (including phenoxy) is 1. The van der Waals surface area contributed by atoms with Gasteiger partial charge in [0, 0.05) is 31.4 Å². The molecule has 0 bridgehead atoms. The van der Waals surface area contributed by atoms with E-state index in [0.29, 0.717) is 18.5 Å². The number of hydrogen-bond acceptors (Lipinski definition) is 3. The van der Waals surface area contributed by atoms with Gasteiger partial charge in [-0.2, -0.15) is 0 Å². The van der Waals surface area contributed by atoms with E-state index >= 15 is 0 Å². The van der Waals surface area contributed by atoms with E-state index in [-0.39, 0.29) is 0 Å². The highest BCUT2D eigenvalue weighted by Gasteiger charge is 2.28. The lowest BCUT2D eigenvalue weighted by Gasteiger charge is -2.25. The number of hydrogen-bond donors (Lipinski definition) is 1. The summed E-state index contributed by atoms with van der Waals surface area (Å²) in [5.74, 6) is 0.609. The molecule has 106 valence electrons. The van der Waals surface area contributed by atoms with Crippen molar-refractivity contribution in [3.63, 3.8) is 0 Å². The summed E-state index contributed by atoms with van der Waals surface area (Å²) in [4.78, 5) is 2.47. The molecule has 1 aliphatic carbocycles. The van der Waals surface area contributed by atoms with Crippen LogP contribution in [0.4, 0.5) is 5.69 Å². The quantitative estimate of drug-likeness (QED) is 0.732. The molecule has 19 heavy (non-hydrogen) atoms. The molecular formula is C16H26N2O. The second-order valence-corrected chi connectivity index (χ2v) is 5.76. The average Bonchev–Trinajstić information content (AvgIpc) is 3.23. The normalized spacial score (nSPS) is 14.9. The van der Waals surface area contributed by atoms with Crippen molar-refractivity contribution in [1.82, 2.24) is 0 Å². The van der Waals surface area contributed by atoms with E-state index in [9.17, 15) is 0 Å². The maximum absolute atomic E-state index is 5.71. The maximum Gasteiger partial charge on any atom is 0.0641 e. The molecule has 1 fully saturated rings. The summed E-state index contributed by atoms with van der Waals surface area (Å²) in [5, 5.41) is 0. The van der Waals surface area contributed by atoms with Crippen LogP contribution in [-0.4, -0.2) is 25.8 Å². The van der Waals surface area contributed by atoms with E-state index in [0.717, 1.165) is 19.8 Å². The van der Waals surface area contributed by atoms with Crippen molar-refractivity contribution in [1.29, 1.82) is 0 Å². The fourth-order valence-electron chi connectivity index (χ4n) is 2.21. The van der Waals surface area contributed by atoms with Crippen LogP contribution in [-0.2, 0) is 11.3 Å². The standard InChI is InChI=1S/C16H26N2O/c1-13(2)12-19-10-9-18(16-7-8-16)15-5-3-14(11-17)4-6-15/h3-6,13,16H,7-12,17H2,1-2H3. The first-order valence-corrected chi connectivity index (χ1v) is 7.34. The van der Waals surface area contributed by atoms with Gasteiger partial charge in [-0.3, -0.25) is 0 Å². The van der Waals surface area contributed by atoms with E-state index < -0.39 is 0 Å². The molecule has 0 amide bonds. The van der Waals surface area contributed by atoms with Crippen LogP contribution >= 0.6 is 0 Å². The number of nitrogens with two attached hydrogens (primary N) is 1. The highest BCUT2D eigenvalue weighted by molar-refractivity contribution is 5.49. The van der Waals surface area contributed by atoms with Gasteiger partial charge in [0.05, 0.1) is 6.61 Å². The van der Waals surface area contributed by atoms with E-state index in [1.54, 1.807) is 0 Å². The summed E-state index contributed by atoms with van der Waals surface area (Å²) >= 11 is 0. The van der Waals surface area contributed by atoms with Crippen LogP contribution in [0.15, 0.2) is 24.3 Å². The Kier molecular flexibility index (Phi) is 5.23. The zero-order valence-electron chi connectivity index (χ0n) is 12.1. The Labute approximate surface area is 116 Å². The molecule has 1 saturated carbocycles. The highest BCUT2D eigenvalue weighted by Crippen LogP contribution is 2.31. The summed E-state index contributed by atoms with van der Waals surface area (Å²) in [6, 6.07) is 9.33. The number of nitrogens with zero attached hydrogens (tertiary/aromatic N) is 1. The first-order chi connectivity index (χ1) is 9.20. The van der Waals surface area contributed by atoms with Crippen LogP contribution in [0.5, 0.6) is 0 Å². The zero-order valence-corrected chi connectivity index (χ0v) is 12.1. The van der Waals surface area contributed by atoms with Gasteiger partial charge in [-0.05, 0) is 36.5 Å². The molecule has 3 nitrogen and oxygen atoms in total. The van der Waals surface area contributed by atoms with Crippen LogP contribution in [0.1, 0.15) is 32.3 Å². The summed E-state index contributed by atoms with van der Waals surface area (Å²) in [7, 11) is 0. The van der Waals surface area contributed by atoms with Gasteiger partial charge in [0.2, 0.25) is 0 Å². The van der Waals surface area contributed by atoms with Gasteiger partial charge >= 0.3 is 0 Å². The number of rotatable bonds is 8. The van der Waals surface area contributed by atoms with Crippen LogP contribution in [0.2, 0.25) is 0 Å². The van der Waals surface area contributed by atoms with Crippen molar-refractivity contribution >= 4 is 5.69 Å². The molecule has 0 aromatic heterocycles. The molecule has 1 aromatic carbocycles. The van der Waals surface area contributed by atoms with Crippen molar-refractivity contribution in [2.45, 2.75) is 39.3 Å². The topological polar surface area (TPSA) is 38.5 Å². The summed E-state index contributed by atoms with van der Waals surface area (Å²) in [6.45, 7) is 7.63. The molecule has 1 aliphatic rings. The first-order valence-electron chi connectivity index (χ1n) is 7.34. The minimum atomic E-state index is 0.609. The molecule has 0 atom stereocenters. The zero-order chi connectivity index (χ0) is 13.7. The summed E-state index contributed by atoms with van der Waals surface area (Å²) < 4.78 is 5.71. The molecule has 2 rings (SSSR count). The van der Waals surface area contributed by atoms with Gasteiger partial charge in [-0.1, -0.05) is 26.0 Å². The lowest BCUT2D eigenvalue weighted by atomic mass is 10.2. The van der Waals surface area contributed by atoms with E-state index in [2.05, 4.69) is 43.0 Å². The highest BCUT2D eigenvalue weighted by atomic mass is 16.5. The Morgan fingerprint density at radius 2 is 1.95 bits per heavy atom. The van der Waals surface area contributed by atoms with Crippen LogP contribution in [0.3, 0.4) is 0 Å². The predicted octanol–water partition coefficient (Wildman–Crippen LogP) is 2.79. The monoisotopic (exact) mass is 262 g/mol. The Hall–Kier alpha value is -1.06. The van der Waals surface area contributed by atoms with Gasteiger partial charge in [-0.25, -0.2) is 0 Å². The molecular weight excluding hydrogens is 236 g/mol. The van der Waals surface area contributed by atoms with E-state index in [1.165, 1.54) is 24.1 Å². The number of benzene rings is 1. The molecule has 0 unspecified atom stereocenters. The van der Waals surface area contributed by atoms with Crippen LogP contribution in [0, 0.1) is 5.92 Å². The fraction of sp³-hybridized carbons (Fsp3) is 0.625. The Bertz CT molecular complexity index is 371. The second-order valence-electron chi connectivity index (χ2n) is 5.76. The largest absolute Gasteiger partial charge is 0.379 e. The molecule has 2 N–H and O–H groups in total. The smallest absolute Gasteiger partial charge is 0.0641 e. The molecule has 0 heterocycles. The predicted molar refractivity (Wildman–Crippen MR) is 80.4 cm³/mol. The third-order valence-electron chi connectivity index (χ3n) is 3.42. The second kappa shape index (κ2) is 6.92. The minimum absolute atomic E-state index is 0.609. The lowest BCUT2D eigenvalue weighted by Crippen LogP contribution is -2.30. The third kappa shape index (κ3) is 4.51. The van der Waals surface area contributed by atoms with Crippen molar-refractivity contribution in [2.24, 2.45) is 11.7 Å². The van der Waals surface area contributed by atoms with Gasteiger partial charge < -0.3 is 15.4 Å². The third-order valence-corrected chi connectivity index (χ3v) is 3.42. The maximum atomic E-state index is 5.71. The summed E-state index contributed by atoms with van der Waals surface area (Å²) in [5.41, 5.74) is 8.13. The van der Waals surface area contributed by atoms with Crippen LogP contribution < -0.4 is 10.6 Å². The molecule has 0 spiro atoms. The molecule has 0 aliphatic heterocycles. The van der Waals surface area contributed by atoms with E-state index in [4.69, 9.17) is 10.5 Å². The summed E-state index contributed by atoms with van der Waals surface area (Å²) in [6.07, 6.45) is 2.62. The molecule has 1 aromatic rings. The van der Waals surface area contributed by atoms with Crippen molar-refractivity contribution in [3.05, 3.63) is 29.8 Å². The minimum Gasteiger partial charge on any atom is -0.379 e. The van der Waals surface area contributed by atoms with Gasteiger partial charge in [0.1, 0.15) is 0 Å². The number of anilines is 1. The van der Waals surface area contributed by atoms with Crippen molar-refractivity contribution in [2.75, 3.05) is 24.7 Å². The Morgan fingerprint density at radius 3 is 2.47 bits per heavy atom. The van der Waals surface area contributed by atoms with Crippen molar-refractivity contribution < 1.29 is 4.74 Å². The first kappa shape index (κ1) is 14.4. The van der Waals surface area contributed by atoms with Crippen LogP contribution in [0.25, 0.3) is 0 Å². The average molecular weight is 262 g/mol. The Morgan fingerprint density at radius 1 is 1.26 bits per heavy atom.